The molecular formula is C24H22BrN3O2S. The molecule has 7 heteroatoms. The van der Waals surface area contributed by atoms with E-state index in [0.29, 0.717) is 23.8 Å². The summed E-state index contributed by atoms with van der Waals surface area (Å²) in [5, 5.41) is 9.27. The van der Waals surface area contributed by atoms with Crippen LogP contribution >= 0.6 is 27.3 Å². The van der Waals surface area contributed by atoms with Crippen molar-refractivity contribution in [2.75, 3.05) is 5.32 Å². The number of ether oxygens (including phenoxy) is 1. The van der Waals surface area contributed by atoms with Gasteiger partial charge in [0, 0.05) is 22.3 Å². The molecule has 0 saturated heterocycles. The molecule has 0 fully saturated rings. The molecule has 4 rings (SSSR count). The molecule has 2 heterocycles. The average Bonchev–Trinajstić information content (AvgIpc) is 3.40. The number of nitrogens with one attached hydrogen (secondary N) is 1. The summed E-state index contributed by atoms with van der Waals surface area (Å²) in [5.74, 6) is 1.23. The zero-order valence-corrected chi connectivity index (χ0v) is 19.7. The Morgan fingerprint density at radius 1 is 1.10 bits per heavy atom. The number of aryl methyl sites for hydroxylation is 2. The Morgan fingerprint density at radius 2 is 1.90 bits per heavy atom. The standard InChI is InChI=1S/C24H22BrN3O2S/c1-16-3-4-17(2)21(11-16)30-14-19-12-22(31-15-19)24(29)26-23-9-10-28(27-23)13-18-5-7-20(25)8-6-18/h3-12,15H,13-14H2,1-2H3,(H,26,27,29). The number of anilines is 1. The van der Waals surface area contributed by atoms with Crippen molar-refractivity contribution in [2.24, 2.45) is 0 Å². The van der Waals surface area contributed by atoms with E-state index in [1.165, 1.54) is 11.3 Å². The van der Waals surface area contributed by atoms with Crippen molar-refractivity contribution in [1.29, 1.82) is 0 Å². The summed E-state index contributed by atoms with van der Waals surface area (Å²) in [6.07, 6.45) is 1.86. The number of hydrogen-bond donors (Lipinski definition) is 1. The number of rotatable bonds is 7. The van der Waals surface area contributed by atoms with E-state index in [1.54, 1.807) is 10.7 Å². The van der Waals surface area contributed by atoms with Crippen LogP contribution in [0.25, 0.3) is 0 Å². The SMILES string of the molecule is Cc1ccc(C)c(OCc2csc(C(=O)Nc3ccn(Cc4ccc(Br)cc4)n3)c2)c1. The zero-order chi connectivity index (χ0) is 21.8. The van der Waals surface area contributed by atoms with Crippen LogP contribution in [0.4, 0.5) is 5.82 Å². The second kappa shape index (κ2) is 9.49. The molecule has 0 saturated carbocycles. The molecule has 2 aromatic heterocycles. The van der Waals surface area contributed by atoms with Crippen LogP contribution in [0.1, 0.15) is 31.9 Å². The first-order valence-electron chi connectivity index (χ1n) is 9.83. The van der Waals surface area contributed by atoms with Gasteiger partial charge in [-0.1, -0.05) is 40.2 Å². The third kappa shape index (κ3) is 5.62. The van der Waals surface area contributed by atoms with Crippen LogP contribution < -0.4 is 10.1 Å². The molecule has 0 aliphatic carbocycles. The average molecular weight is 496 g/mol. The lowest BCUT2D eigenvalue weighted by atomic mass is 10.1. The van der Waals surface area contributed by atoms with Crippen molar-refractivity contribution < 1.29 is 9.53 Å². The molecule has 1 N–H and O–H groups in total. The highest BCUT2D eigenvalue weighted by molar-refractivity contribution is 9.10. The largest absolute Gasteiger partial charge is 0.489 e. The van der Waals surface area contributed by atoms with E-state index < -0.39 is 0 Å². The van der Waals surface area contributed by atoms with Crippen molar-refractivity contribution in [1.82, 2.24) is 9.78 Å². The fraction of sp³-hybridized carbons (Fsp3) is 0.167. The Bertz CT molecular complexity index is 1200. The number of hydrogen-bond acceptors (Lipinski definition) is 4. The minimum atomic E-state index is -0.170. The predicted molar refractivity (Wildman–Crippen MR) is 128 cm³/mol. The van der Waals surface area contributed by atoms with E-state index in [9.17, 15) is 4.79 Å². The molecule has 0 aliphatic heterocycles. The van der Waals surface area contributed by atoms with E-state index >= 15 is 0 Å². The quantitative estimate of drug-likeness (QED) is 0.331. The van der Waals surface area contributed by atoms with Crippen LogP contribution in [0.5, 0.6) is 5.75 Å². The Hall–Kier alpha value is -2.90. The van der Waals surface area contributed by atoms with Crippen molar-refractivity contribution >= 4 is 39.0 Å². The minimum Gasteiger partial charge on any atom is -0.489 e. The fourth-order valence-corrected chi connectivity index (χ4v) is 4.12. The monoisotopic (exact) mass is 495 g/mol. The molecule has 0 unspecified atom stereocenters. The number of carbonyl (C=O) groups is 1. The molecule has 0 spiro atoms. The first-order valence-corrected chi connectivity index (χ1v) is 11.5. The number of halogens is 1. The van der Waals surface area contributed by atoms with Crippen molar-refractivity contribution in [3.63, 3.8) is 0 Å². The van der Waals surface area contributed by atoms with Gasteiger partial charge in [-0.3, -0.25) is 9.48 Å². The molecule has 31 heavy (non-hydrogen) atoms. The molecule has 0 atom stereocenters. The molecule has 2 aromatic carbocycles. The number of benzene rings is 2. The molecule has 158 valence electrons. The maximum Gasteiger partial charge on any atom is 0.266 e. The van der Waals surface area contributed by atoms with Crippen molar-refractivity contribution in [3.05, 3.63) is 97.8 Å². The highest BCUT2D eigenvalue weighted by Gasteiger charge is 2.12. The van der Waals surface area contributed by atoms with Crippen molar-refractivity contribution in [3.8, 4) is 5.75 Å². The molecule has 5 nitrogen and oxygen atoms in total. The number of thiophene rings is 1. The van der Waals surface area contributed by atoms with Gasteiger partial charge in [0.15, 0.2) is 5.82 Å². The highest BCUT2D eigenvalue weighted by atomic mass is 79.9. The number of amides is 1. The second-order valence-corrected chi connectivity index (χ2v) is 9.18. The predicted octanol–water partition coefficient (Wildman–Crippen LogP) is 6.20. The van der Waals surface area contributed by atoms with Gasteiger partial charge in [0.25, 0.3) is 5.91 Å². The summed E-state index contributed by atoms with van der Waals surface area (Å²) in [6, 6.07) is 17.9. The topological polar surface area (TPSA) is 56.1 Å². The van der Waals surface area contributed by atoms with Gasteiger partial charge in [-0.2, -0.15) is 5.10 Å². The van der Waals surface area contributed by atoms with Gasteiger partial charge in [-0.25, -0.2) is 0 Å². The molecule has 0 bridgehead atoms. The van der Waals surface area contributed by atoms with Crippen LogP contribution in [-0.2, 0) is 13.2 Å². The van der Waals surface area contributed by atoms with Crippen LogP contribution in [0.3, 0.4) is 0 Å². The van der Waals surface area contributed by atoms with Gasteiger partial charge in [0.05, 0.1) is 11.4 Å². The normalized spacial score (nSPS) is 10.8. The maximum atomic E-state index is 12.6. The smallest absolute Gasteiger partial charge is 0.266 e. The summed E-state index contributed by atoms with van der Waals surface area (Å²) in [7, 11) is 0. The third-order valence-electron chi connectivity index (χ3n) is 4.76. The summed E-state index contributed by atoms with van der Waals surface area (Å²) >= 11 is 4.84. The van der Waals surface area contributed by atoms with E-state index in [1.807, 2.05) is 67.9 Å². The number of carbonyl (C=O) groups excluding carboxylic acids is 1. The maximum absolute atomic E-state index is 12.6. The minimum absolute atomic E-state index is 0.170. The van der Waals surface area contributed by atoms with Crippen LogP contribution in [0.15, 0.2) is 70.6 Å². The van der Waals surface area contributed by atoms with Crippen LogP contribution in [0.2, 0.25) is 0 Å². The van der Waals surface area contributed by atoms with E-state index in [4.69, 9.17) is 4.74 Å². The molecule has 1 amide bonds. The lowest BCUT2D eigenvalue weighted by Crippen LogP contribution is -2.11. The van der Waals surface area contributed by atoms with Gasteiger partial charge in [0.1, 0.15) is 12.4 Å². The van der Waals surface area contributed by atoms with Crippen molar-refractivity contribution in [2.45, 2.75) is 27.0 Å². The number of aromatic nitrogens is 2. The van der Waals surface area contributed by atoms with E-state index in [2.05, 4.69) is 32.4 Å². The van der Waals surface area contributed by atoms with Gasteiger partial charge in [-0.15, -0.1) is 11.3 Å². The van der Waals surface area contributed by atoms with Gasteiger partial charge >= 0.3 is 0 Å². The molecule has 0 radical (unpaired) electrons. The first-order chi connectivity index (χ1) is 15.0. The Labute approximate surface area is 193 Å². The Kier molecular flexibility index (Phi) is 6.53. The van der Waals surface area contributed by atoms with Crippen LogP contribution in [-0.4, -0.2) is 15.7 Å². The lowest BCUT2D eigenvalue weighted by Gasteiger charge is -2.08. The lowest BCUT2D eigenvalue weighted by molar-refractivity contribution is 0.103. The second-order valence-electron chi connectivity index (χ2n) is 7.36. The third-order valence-corrected chi connectivity index (χ3v) is 6.26. The Morgan fingerprint density at radius 3 is 2.71 bits per heavy atom. The van der Waals surface area contributed by atoms with E-state index in [0.717, 1.165) is 32.5 Å². The highest BCUT2D eigenvalue weighted by Crippen LogP contribution is 2.22. The molecule has 0 aliphatic rings. The summed E-state index contributed by atoms with van der Waals surface area (Å²) in [6.45, 7) is 5.13. The molecule has 4 aromatic rings. The van der Waals surface area contributed by atoms with E-state index in [-0.39, 0.29) is 5.91 Å². The number of nitrogens with zero attached hydrogens (tertiary/aromatic N) is 2. The van der Waals surface area contributed by atoms with Gasteiger partial charge in [0.2, 0.25) is 0 Å². The first kappa shape index (κ1) is 21.3. The van der Waals surface area contributed by atoms with Gasteiger partial charge < -0.3 is 10.1 Å². The fourth-order valence-electron chi connectivity index (χ4n) is 3.07. The summed E-state index contributed by atoms with van der Waals surface area (Å²) in [4.78, 5) is 13.2. The van der Waals surface area contributed by atoms with Gasteiger partial charge in [-0.05, 0) is 60.2 Å². The summed E-state index contributed by atoms with van der Waals surface area (Å²) < 4.78 is 8.78. The summed E-state index contributed by atoms with van der Waals surface area (Å²) in [5.41, 5.74) is 4.36. The Balaban J connectivity index is 1.34. The molecular weight excluding hydrogens is 474 g/mol. The van der Waals surface area contributed by atoms with Crippen LogP contribution in [0, 0.1) is 13.8 Å². The zero-order valence-electron chi connectivity index (χ0n) is 17.3.